The van der Waals surface area contributed by atoms with Gasteiger partial charge in [0.15, 0.2) is 0 Å². The number of esters is 2. The third kappa shape index (κ3) is 4.46. The zero-order valence-corrected chi connectivity index (χ0v) is 16.2. The minimum absolute atomic E-state index is 0. The van der Waals surface area contributed by atoms with Gasteiger partial charge in [-0.1, -0.05) is 12.1 Å². The second-order valence-corrected chi connectivity index (χ2v) is 5.70. The Labute approximate surface area is 162 Å². The second-order valence-electron chi connectivity index (χ2n) is 5.70. The average Bonchev–Trinajstić information content (AvgIpc) is 2.60. The van der Waals surface area contributed by atoms with Crippen molar-refractivity contribution in [2.24, 2.45) is 0 Å². The number of dihydropyridines is 1. The molecule has 1 N–H and O–H groups in total. The molecule has 0 amide bonds. The molecule has 8 nitrogen and oxygen atoms in total. The summed E-state index contributed by atoms with van der Waals surface area (Å²) in [7, 11) is 1.24. The topological polar surface area (TPSA) is 108 Å². The number of ether oxygens (including phenoxy) is 2. The van der Waals surface area contributed by atoms with E-state index in [1.807, 2.05) is 0 Å². The quantitative estimate of drug-likeness (QED) is 0.463. The lowest BCUT2D eigenvalue weighted by molar-refractivity contribution is -0.384. The van der Waals surface area contributed by atoms with Crippen molar-refractivity contribution in [3.8, 4) is 0 Å². The summed E-state index contributed by atoms with van der Waals surface area (Å²) in [5.41, 5.74) is 1.76. The summed E-state index contributed by atoms with van der Waals surface area (Å²) in [4.78, 5) is 35.5. The van der Waals surface area contributed by atoms with Gasteiger partial charge in [-0.25, -0.2) is 9.59 Å². The number of rotatable bonds is 5. The van der Waals surface area contributed by atoms with E-state index >= 15 is 0 Å². The number of nitro groups is 1. The summed E-state index contributed by atoms with van der Waals surface area (Å²) in [6.07, 6.45) is 0. The number of nitrogens with one attached hydrogen (secondary N) is 1. The van der Waals surface area contributed by atoms with Crippen LogP contribution in [-0.2, 0) is 19.1 Å². The highest BCUT2D eigenvalue weighted by Crippen LogP contribution is 2.40. The number of nitro benzene ring substituents is 1. The first-order chi connectivity index (χ1) is 12.3. The maximum atomic E-state index is 12.5. The van der Waals surface area contributed by atoms with Crippen molar-refractivity contribution in [2.45, 2.75) is 26.7 Å². The van der Waals surface area contributed by atoms with Crippen molar-refractivity contribution in [3.63, 3.8) is 0 Å². The summed E-state index contributed by atoms with van der Waals surface area (Å²) in [6, 6.07) is 5.84. The Bertz CT molecular complexity index is 831. The van der Waals surface area contributed by atoms with E-state index in [4.69, 9.17) is 9.47 Å². The third-order valence-electron chi connectivity index (χ3n) is 4.08. The summed E-state index contributed by atoms with van der Waals surface area (Å²) in [6.45, 7) is 5.21. The molecule has 0 fully saturated rings. The molecule has 0 aliphatic carbocycles. The van der Waals surface area contributed by atoms with E-state index in [-0.39, 0.29) is 35.8 Å². The van der Waals surface area contributed by atoms with Crippen molar-refractivity contribution >= 4 is 30.0 Å². The Balaban J connectivity index is 0.00000364. The molecule has 0 aromatic heterocycles. The molecule has 1 atom stereocenters. The lowest BCUT2D eigenvalue weighted by atomic mass is 9.80. The zero-order valence-electron chi connectivity index (χ0n) is 15.4. The van der Waals surface area contributed by atoms with Gasteiger partial charge in [0.25, 0.3) is 5.69 Å². The molecule has 1 unspecified atom stereocenters. The van der Waals surface area contributed by atoms with Crippen LogP contribution in [-0.4, -0.2) is 30.6 Å². The molecule has 0 saturated heterocycles. The van der Waals surface area contributed by atoms with Crippen LogP contribution in [0.4, 0.5) is 5.69 Å². The van der Waals surface area contributed by atoms with Gasteiger partial charge in [-0.05, 0) is 26.3 Å². The van der Waals surface area contributed by atoms with E-state index < -0.39 is 22.8 Å². The molecule has 9 heteroatoms. The highest BCUT2D eigenvalue weighted by Gasteiger charge is 2.38. The van der Waals surface area contributed by atoms with Crippen LogP contribution in [0.15, 0.2) is 46.8 Å². The van der Waals surface area contributed by atoms with E-state index in [9.17, 15) is 19.7 Å². The van der Waals surface area contributed by atoms with Crippen molar-refractivity contribution < 1.29 is 24.0 Å². The number of non-ortho nitro benzene ring substituents is 1. The third-order valence-corrected chi connectivity index (χ3v) is 4.08. The first kappa shape index (κ1) is 22.2. The standard InChI is InChI=1S/C18H20N2O6.ClH/c1-5-26-18(22)15-11(3)19-10(2)14(17(21)25-4)16(15)12-7-6-8-13(9-12)20(23)24;/h6-9,16,19H,5H2,1-4H3;1H. The van der Waals surface area contributed by atoms with Crippen LogP contribution in [0.25, 0.3) is 0 Å². The largest absolute Gasteiger partial charge is 0.466 e. The molecule has 1 aromatic rings. The lowest BCUT2D eigenvalue weighted by Gasteiger charge is -2.30. The molecular weight excluding hydrogens is 376 g/mol. The Hall–Kier alpha value is -2.87. The van der Waals surface area contributed by atoms with Gasteiger partial charge < -0.3 is 14.8 Å². The summed E-state index contributed by atoms with van der Waals surface area (Å²) < 4.78 is 10.0. The number of halogens is 1. The van der Waals surface area contributed by atoms with Gasteiger partial charge in [-0.3, -0.25) is 10.1 Å². The summed E-state index contributed by atoms with van der Waals surface area (Å²) in [5.74, 6) is -2.05. The van der Waals surface area contributed by atoms with Crippen LogP contribution in [0.2, 0.25) is 0 Å². The molecular formula is C18H21ClN2O6. The van der Waals surface area contributed by atoms with Gasteiger partial charge in [0.1, 0.15) is 0 Å². The number of allylic oxidation sites excluding steroid dienone is 2. The van der Waals surface area contributed by atoms with E-state index in [2.05, 4.69) is 5.32 Å². The van der Waals surface area contributed by atoms with Crippen LogP contribution in [0.1, 0.15) is 32.3 Å². The lowest BCUT2D eigenvalue weighted by Crippen LogP contribution is -2.32. The number of methoxy groups -OCH3 is 1. The Morgan fingerprint density at radius 3 is 2.30 bits per heavy atom. The van der Waals surface area contributed by atoms with Gasteiger partial charge in [-0.2, -0.15) is 0 Å². The van der Waals surface area contributed by atoms with E-state index in [0.717, 1.165) is 0 Å². The number of hydrogen-bond donors (Lipinski definition) is 1. The minimum atomic E-state index is -0.831. The smallest absolute Gasteiger partial charge is 0.336 e. The molecule has 1 aliphatic rings. The maximum Gasteiger partial charge on any atom is 0.336 e. The highest BCUT2D eigenvalue weighted by molar-refractivity contribution is 5.99. The number of carbonyl (C=O) groups excluding carboxylic acids is 2. The van der Waals surface area contributed by atoms with E-state index in [1.165, 1.54) is 25.3 Å². The molecule has 1 aliphatic heterocycles. The molecule has 1 heterocycles. The number of carbonyl (C=O) groups is 2. The van der Waals surface area contributed by atoms with Crippen molar-refractivity contribution in [1.29, 1.82) is 0 Å². The second kappa shape index (κ2) is 9.18. The van der Waals surface area contributed by atoms with Gasteiger partial charge in [-0.15, -0.1) is 12.4 Å². The molecule has 27 heavy (non-hydrogen) atoms. The maximum absolute atomic E-state index is 12.5. The number of nitrogens with zero attached hydrogens (tertiary/aromatic N) is 1. The summed E-state index contributed by atoms with van der Waals surface area (Å²) in [5, 5.41) is 14.1. The van der Waals surface area contributed by atoms with Crippen LogP contribution in [0.5, 0.6) is 0 Å². The Kier molecular flexibility index (Phi) is 7.54. The first-order valence-electron chi connectivity index (χ1n) is 8.00. The zero-order chi connectivity index (χ0) is 19.4. The molecule has 0 bridgehead atoms. The summed E-state index contributed by atoms with van der Waals surface area (Å²) >= 11 is 0. The predicted molar refractivity (Wildman–Crippen MR) is 100 cm³/mol. The van der Waals surface area contributed by atoms with E-state index in [0.29, 0.717) is 17.0 Å². The predicted octanol–water partition coefficient (Wildman–Crippen LogP) is 2.99. The Morgan fingerprint density at radius 1 is 1.19 bits per heavy atom. The SMILES string of the molecule is CCOC(=O)C1=C(C)NC(C)=C(C(=O)OC)C1c1cccc([N+](=O)[O-])c1.Cl. The van der Waals surface area contributed by atoms with Gasteiger partial charge >= 0.3 is 11.9 Å². The number of hydrogen-bond acceptors (Lipinski definition) is 7. The fourth-order valence-corrected chi connectivity index (χ4v) is 3.01. The van der Waals surface area contributed by atoms with Gasteiger partial charge in [0.05, 0.1) is 35.7 Å². The van der Waals surface area contributed by atoms with Crippen LogP contribution >= 0.6 is 12.4 Å². The van der Waals surface area contributed by atoms with Gasteiger partial charge in [0.2, 0.25) is 0 Å². The number of benzene rings is 1. The molecule has 1 aromatic carbocycles. The molecule has 0 spiro atoms. The average molecular weight is 397 g/mol. The molecule has 146 valence electrons. The first-order valence-corrected chi connectivity index (χ1v) is 8.00. The fraction of sp³-hybridized carbons (Fsp3) is 0.333. The van der Waals surface area contributed by atoms with Crippen molar-refractivity contribution in [3.05, 3.63) is 62.5 Å². The molecule has 0 radical (unpaired) electrons. The van der Waals surface area contributed by atoms with Crippen LogP contribution in [0.3, 0.4) is 0 Å². The van der Waals surface area contributed by atoms with Gasteiger partial charge in [0, 0.05) is 23.5 Å². The van der Waals surface area contributed by atoms with E-state index in [1.54, 1.807) is 26.8 Å². The monoisotopic (exact) mass is 396 g/mol. The van der Waals surface area contributed by atoms with Crippen LogP contribution < -0.4 is 5.32 Å². The van der Waals surface area contributed by atoms with Crippen molar-refractivity contribution in [1.82, 2.24) is 5.32 Å². The van der Waals surface area contributed by atoms with Crippen LogP contribution in [0, 0.1) is 10.1 Å². The highest BCUT2D eigenvalue weighted by atomic mass is 35.5. The normalized spacial score (nSPS) is 16.2. The Morgan fingerprint density at radius 2 is 1.78 bits per heavy atom. The molecule has 0 saturated carbocycles. The molecule has 2 rings (SSSR count). The fourth-order valence-electron chi connectivity index (χ4n) is 3.01. The minimum Gasteiger partial charge on any atom is -0.466 e. The van der Waals surface area contributed by atoms with Crippen molar-refractivity contribution in [2.75, 3.05) is 13.7 Å².